The Labute approximate surface area is 99.4 Å². The van der Waals surface area contributed by atoms with Crippen LogP contribution in [0.25, 0.3) is 0 Å². The van der Waals surface area contributed by atoms with Crippen LogP contribution in [0.15, 0.2) is 18.2 Å². The fourth-order valence-corrected chi connectivity index (χ4v) is 1.75. The molecule has 17 heavy (non-hydrogen) atoms. The molecule has 1 aromatic rings. The Balaban J connectivity index is 3.09. The van der Waals surface area contributed by atoms with Gasteiger partial charge >= 0.3 is 5.97 Å². The SMILES string of the molecule is CCC(CN)(Cc1cc(F)ccc1N)C(=O)O. The molecule has 0 spiro atoms. The number of rotatable bonds is 5. The third-order valence-corrected chi connectivity index (χ3v) is 3.16. The van der Waals surface area contributed by atoms with Crippen molar-refractivity contribution in [2.75, 3.05) is 12.3 Å². The third-order valence-electron chi connectivity index (χ3n) is 3.16. The normalized spacial score (nSPS) is 14.3. The van der Waals surface area contributed by atoms with E-state index in [-0.39, 0.29) is 13.0 Å². The zero-order valence-corrected chi connectivity index (χ0v) is 9.74. The second-order valence-electron chi connectivity index (χ2n) is 4.16. The number of carboxylic acid groups (broad SMARTS) is 1. The summed E-state index contributed by atoms with van der Waals surface area (Å²) < 4.78 is 13.1. The quantitative estimate of drug-likeness (QED) is 0.678. The molecular weight excluding hydrogens is 223 g/mol. The molecule has 0 aliphatic rings. The van der Waals surface area contributed by atoms with E-state index in [1.54, 1.807) is 6.92 Å². The van der Waals surface area contributed by atoms with Crippen LogP contribution in [-0.4, -0.2) is 17.6 Å². The minimum absolute atomic E-state index is 0.00517. The molecule has 5 heteroatoms. The van der Waals surface area contributed by atoms with Gasteiger partial charge in [-0.15, -0.1) is 0 Å². The van der Waals surface area contributed by atoms with Crippen LogP contribution in [0.3, 0.4) is 0 Å². The molecule has 4 nitrogen and oxygen atoms in total. The molecular formula is C12H17FN2O2. The molecule has 0 aliphatic carbocycles. The van der Waals surface area contributed by atoms with Gasteiger partial charge in [0.1, 0.15) is 5.82 Å². The van der Waals surface area contributed by atoms with Crippen LogP contribution in [0.5, 0.6) is 0 Å². The van der Waals surface area contributed by atoms with Crippen molar-refractivity contribution >= 4 is 11.7 Å². The predicted octanol–water partition coefficient (Wildman–Crippen LogP) is 1.39. The van der Waals surface area contributed by atoms with E-state index in [2.05, 4.69) is 0 Å². The molecule has 5 N–H and O–H groups in total. The summed E-state index contributed by atoms with van der Waals surface area (Å²) >= 11 is 0. The van der Waals surface area contributed by atoms with E-state index in [1.165, 1.54) is 18.2 Å². The Morgan fingerprint density at radius 2 is 2.18 bits per heavy atom. The number of hydrogen-bond donors (Lipinski definition) is 3. The third kappa shape index (κ3) is 2.74. The van der Waals surface area contributed by atoms with Gasteiger partial charge in [-0.3, -0.25) is 4.79 Å². The highest BCUT2D eigenvalue weighted by Crippen LogP contribution is 2.29. The average Bonchev–Trinajstić information content (AvgIpc) is 2.30. The number of aliphatic carboxylic acids is 1. The van der Waals surface area contributed by atoms with Crippen molar-refractivity contribution in [1.82, 2.24) is 0 Å². The molecule has 1 rings (SSSR count). The largest absolute Gasteiger partial charge is 0.481 e. The molecule has 0 heterocycles. The van der Waals surface area contributed by atoms with Crippen LogP contribution in [0.4, 0.5) is 10.1 Å². The summed E-state index contributed by atoms with van der Waals surface area (Å²) in [5.74, 6) is -1.41. The maximum atomic E-state index is 13.1. The van der Waals surface area contributed by atoms with Gasteiger partial charge in [-0.2, -0.15) is 0 Å². The van der Waals surface area contributed by atoms with E-state index in [0.29, 0.717) is 17.7 Å². The van der Waals surface area contributed by atoms with Crippen LogP contribution in [0.1, 0.15) is 18.9 Å². The Morgan fingerprint density at radius 3 is 2.65 bits per heavy atom. The Bertz CT molecular complexity index is 417. The number of hydrogen-bond acceptors (Lipinski definition) is 3. The monoisotopic (exact) mass is 240 g/mol. The summed E-state index contributed by atoms with van der Waals surface area (Å²) in [6.07, 6.45) is 0.508. The lowest BCUT2D eigenvalue weighted by Gasteiger charge is -2.27. The Hall–Kier alpha value is -1.62. The summed E-state index contributed by atoms with van der Waals surface area (Å²) in [4.78, 5) is 11.3. The van der Waals surface area contributed by atoms with E-state index in [9.17, 15) is 14.3 Å². The van der Waals surface area contributed by atoms with Crippen molar-refractivity contribution in [3.63, 3.8) is 0 Å². The van der Waals surface area contributed by atoms with Gasteiger partial charge in [-0.1, -0.05) is 6.92 Å². The number of benzene rings is 1. The van der Waals surface area contributed by atoms with Crippen LogP contribution in [0, 0.1) is 11.2 Å². The van der Waals surface area contributed by atoms with Crippen molar-refractivity contribution in [1.29, 1.82) is 0 Å². The van der Waals surface area contributed by atoms with Crippen molar-refractivity contribution in [2.24, 2.45) is 11.1 Å². The zero-order chi connectivity index (χ0) is 13.1. The maximum absolute atomic E-state index is 13.1. The molecule has 0 saturated carbocycles. The van der Waals surface area contributed by atoms with Crippen molar-refractivity contribution in [3.8, 4) is 0 Å². The van der Waals surface area contributed by atoms with Gasteiger partial charge in [0.25, 0.3) is 0 Å². The first-order valence-electron chi connectivity index (χ1n) is 5.42. The average molecular weight is 240 g/mol. The number of anilines is 1. The number of carboxylic acids is 1. The van der Waals surface area contributed by atoms with E-state index in [1.807, 2.05) is 0 Å². The lowest BCUT2D eigenvalue weighted by molar-refractivity contribution is -0.148. The second-order valence-corrected chi connectivity index (χ2v) is 4.16. The van der Waals surface area contributed by atoms with Crippen LogP contribution in [-0.2, 0) is 11.2 Å². The number of nitrogen functional groups attached to an aromatic ring is 1. The molecule has 94 valence electrons. The van der Waals surface area contributed by atoms with Crippen LogP contribution in [0.2, 0.25) is 0 Å². The molecule has 0 aromatic heterocycles. The summed E-state index contributed by atoms with van der Waals surface area (Å²) in [7, 11) is 0. The summed E-state index contributed by atoms with van der Waals surface area (Å²) in [5, 5.41) is 9.23. The fourth-order valence-electron chi connectivity index (χ4n) is 1.75. The molecule has 0 radical (unpaired) electrons. The van der Waals surface area contributed by atoms with E-state index in [0.717, 1.165) is 0 Å². The molecule has 1 atom stereocenters. The number of carbonyl (C=O) groups is 1. The Morgan fingerprint density at radius 1 is 1.53 bits per heavy atom. The first-order chi connectivity index (χ1) is 7.95. The van der Waals surface area contributed by atoms with Crippen LogP contribution < -0.4 is 11.5 Å². The van der Waals surface area contributed by atoms with Gasteiger partial charge in [0.05, 0.1) is 5.41 Å². The lowest BCUT2D eigenvalue weighted by Crippen LogP contribution is -2.40. The lowest BCUT2D eigenvalue weighted by atomic mass is 9.79. The summed E-state index contributed by atoms with van der Waals surface area (Å²) in [6.45, 7) is 1.74. The molecule has 0 bridgehead atoms. The van der Waals surface area contributed by atoms with Gasteiger partial charge in [0.2, 0.25) is 0 Å². The molecule has 0 aliphatic heterocycles. The molecule has 0 saturated heterocycles. The summed E-state index contributed by atoms with van der Waals surface area (Å²) in [6, 6.07) is 3.94. The molecule has 0 fully saturated rings. The minimum atomic E-state index is -1.08. The van der Waals surface area contributed by atoms with Crippen LogP contribution >= 0.6 is 0 Å². The van der Waals surface area contributed by atoms with Gasteiger partial charge in [0.15, 0.2) is 0 Å². The van der Waals surface area contributed by atoms with Gasteiger partial charge in [0, 0.05) is 12.2 Å². The van der Waals surface area contributed by atoms with E-state index in [4.69, 9.17) is 11.5 Å². The highest BCUT2D eigenvalue weighted by atomic mass is 19.1. The van der Waals surface area contributed by atoms with E-state index >= 15 is 0 Å². The van der Waals surface area contributed by atoms with Crippen molar-refractivity contribution in [3.05, 3.63) is 29.6 Å². The van der Waals surface area contributed by atoms with Crippen molar-refractivity contribution < 1.29 is 14.3 Å². The van der Waals surface area contributed by atoms with E-state index < -0.39 is 17.2 Å². The van der Waals surface area contributed by atoms with Crippen molar-refractivity contribution in [2.45, 2.75) is 19.8 Å². The standard InChI is InChI=1S/C12H17FN2O2/c1-2-12(7-14,11(16)17)6-8-5-9(13)3-4-10(8)15/h3-5H,2,6-7,14-15H2,1H3,(H,16,17). The number of nitrogens with two attached hydrogens (primary N) is 2. The second kappa shape index (κ2) is 5.14. The van der Waals surface area contributed by atoms with Gasteiger partial charge < -0.3 is 16.6 Å². The molecule has 1 aromatic carbocycles. The summed E-state index contributed by atoms with van der Waals surface area (Å²) in [5.41, 5.74) is 11.0. The first-order valence-corrected chi connectivity index (χ1v) is 5.42. The highest BCUT2D eigenvalue weighted by molar-refractivity contribution is 5.75. The number of halogens is 1. The van der Waals surface area contributed by atoms with Gasteiger partial charge in [-0.05, 0) is 36.6 Å². The molecule has 0 amide bonds. The topological polar surface area (TPSA) is 89.3 Å². The fraction of sp³-hybridized carbons (Fsp3) is 0.417. The van der Waals surface area contributed by atoms with Gasteiger partial charge in [-0.25, -0.2) is 4.39 Å². The molecule has 1 unspecified atom stereocenters. The Kier molecular flexibility index (Phi) is 4.07. The first kappa shape index (κ1) is 13.4. The predicted molar refractivity (Wildman–Crippen MR) is 63.9 cm³/mol. The minimum Gasteiger partial charge on any atom is -0.481 e. The maximum Gasteiger partial charge on any atom is 0.311 e. The smallest absolute Gasteiger partial charge is 0.311 e. The highest BCUT2D eigenvalue weighted by Gasteiger charge is 2.36. The zero-order valence-electron chi connectivity index (χ0n) is 9.74.